The van der Waals surface area contributed by atoms with E-state index in [0.717, 1.165) is 11.1 Å². The maximum Gasteiger partial charge on any atom is 0.267 e. The molecule has 0 saturated carbocycles. The highest BCUT2D eigenvalue weighted by molar-refractivity contribution is 5.36. The van der Waals surface area contributed by atoms with E-state index in [9.17, 15) is 4.79 Å². The van der Waals surface area contributed by atoms with Crippen molar-refractivity contribution in [3.63, 3.8) is 0 Å². The van der Waals surface area contributed by atoms with E-state index in [1.165, 1.54) is 17.9 Å². The number of hydrogen-bond acceptors (Lipinski definition) is 4. The van der Waals surface area contributed by atoms with Crippen LogP contribution >= 0.6 is 0 Å². The zero-order valence-electron chi connectivity index (χ0n) is 11.2. The fourth-order valence-corrected chi connectivity index (χ4v) is 1.67. The van der Waals surface area contributed by atoms with Gasteiger partial charge in [0.15, 0.2) is 0 Å². The van der Waals surface area contributed by atoms with E-state index < -0.39 is 0 Å². The van der Waals surface area contributed by atoms with Crippen LogP contribution in [-0.4, -0.2) is 23.4 Å². The smallest absolute Gasteiger partial charge is 0.267 e. The van der Waals surface area contributed by atoms with Crippen LogP contribution in [0.5, 0.6) is 5.88 Å². The van der Waals surface area contributed by atoms with Gasteiger partial charge in [-0.05, 0) is 17.7 Å². The van der Waals surface area contributed by atoms with Gasteiger partial charge in [0.1, 0.15) is 0 Å². The van der Waals surface area contributed by atoms with Crippen molar-refractivity contribution in [1.29, 1.82) is 0 Å². The van der Waals surface area contributed by atoms with Gasteiger partial charge in [-0.1, -0.05) is 24.0 Å². The van der Waals surface area contributed by atoms with E-state index in [2.05, 4.69) is 16.9 Å². The van der Waals surface area contributed by atoms with Crippen molar-refractivity contribution >= 4 is 0 Å². The van der Waals surface area contributed by atoms with E-state index in [-0.39, 0.29) is 5.56 Å². The Labute approximate surface area is 117 Å². The van der Waals surface area contributed by atoms with Crippen molar-refractivity contribution < 1.29 is 4.74 Å². The molecule has 0 fully saturated rings. The van der Waals surface area contributed by atoms with Crippen LogP contribution in [0.25, 0.3) is 0 Å². The Bertz CT molecular complexity index is 694. The Hall–Kier alpha value is -2.58. The molecule has 1 heterocycles. The number of rotatable bonds is 3. The molecule has 1 aromatic heterocycles. The molecule has 20 heavy (non-hydrogen) atoms. The second-order valence-corrected chi connectivity index (χ2v) is 4.07. The third-order valence-corrected chi connectivity index (χ3v) is 2.67. The maximum absolute atomic E-state index is 11.7. The lowest BCUT2D eigenvalue weighted by Crippen LogP contribution is -2.22. The van der Waals surface area contributed by atoms with Crippen molar-refractivity contribution in [2.45, 2.75) is 6.54 Å². The molecule has 0 aliphatic heterocycles. The lowest BCUT2D eigenvalue weighted by Gasteiger charge is -2.06. The van der Waals surface area contributed by atoms with Gasteiger partial charge in [0, 0.05) is 17.7 Å². The zero-order valence-corrected chi connectivity index (χ0v) is 11.2. The first-order valence-corrected chi connectivity index (χ1v) is 6.13. The molecule has 5 nitrogen and oxygen atoms in total. The number of benzene rings is 1. The Morgan fingerprint density at radius 1 is 1.25 bits per heavy atom. The molecule has 0 aliphatic carbocycles. The van der Waals surface area contributed by atoms with Gasteiger partial charge in [-0.25, -0.2) is 4.68 Å². The second-order valence-electron chi connectivity index (χ2n) is 4.07. The summed E-state index contributed by atoms with van der Waals surface area (Å²) in [5, 5.41) is 4.10. The molecule has 2 rings (SSSR count). The molecule has 0 spiro atoms. The van der Waals surface area contributed by atoms with Crippen LogP contribution in [0.4, 0.5) is 0 Å². The minimum atomic E-state index is -0.169. The molecule has 0 saturated heterocycles. The number of methoxy groups -OCH3 is 1. The summed E-state index contributed by atoms with van der Waals surface area (Å²) in [7, 11) is 1.52. The van der Waals surface area contributed by atoms with Gasteiger partial charge in [-0.2, -0.15) is 0 Å². The molecular weight excluding hydrogens is 254 g/mol. The molecule has 0 radical (unpaired) electrons. The number of nitrogens with two attached hydrogens (primary N) is 1. The SMILES string of the molecule is COc1ccc(=O)n(Cc2ccc(C#CCN)cc2)n1. The van der Waals surface area contributed by atoms with Gasteiger partial charge in [-0.3, -0.25) is 4.79 Å². The van der Waals surface area contributed by atoms with Gasteiger partial charge >= 0.3 is 0 Å². The summed E-state index contributed by atoms with van der Waals surface area (Å²) in [5.41, 5.74) is 7.01. The summed E-state index contributed by atoms with van der Waals surface area (Å²) < 4.78 is 6.37. The van der Waals surface area contributed by atoms with Crippen molar-refractivity contribution in [1.82, 2.24) is 9.78 Å². The molecule has 0 unspecified atom stereocenters. The molecule has 2 aromatic rings. The number of hydrogen-bond donors (Lipinski definition) is 1. The third-order valence-electron chi connectivity index (χ3n) is 2.67. The Morgan fingerprint density at radius 3 is 2.65 bits per heavy atom. The van der Waals surface area contributed by atoms with Crippen molar-refractivity contribution in [3.8, 4) is 17.7 Å². The van der Waals surface area contributed by atoms with Crippen molar-refractivity contribution in [2.75, 3.05) is 13.7 Å². The van der Waals surface area contributed by atoms with Gasteiger partial charge < -0.3 is 10.5 Å². The minimum Gasteiger partial charge on any atom is -0.480 e. The average molecular weight is 269 g/mol. The Morgan fingerprint density at radius 2 is 2.00 bits per heavy atom. The average Bonchev–Trinajstić information content (AvgIpc) is 2.49. The van der Waals surface area contributed by atoms with E-state index in [0.29, 0.717) is 19.0 Å². The Kier molecular flexibility index (Phi) is 4.53. The van der Waals surface area contributed by atoms with Crippen LogP contribution in [0, 0.1) is 11.8 Å². The molecule has 1 aromatic carbocycles. The molecular formula is C15H15N3O2. The topological polar surface area (TPSA) is 70.1 Å². The highest BCUT2D eigenvalue weighted by atomic mass is 16.5. The van der Waals surface area contributed by atoms with E-state index in [1.54, 1.807) is 6.07 Å². The number of ether oxygens (including phenoxy) is 1. The number of nitrogens with zero attached hydrogens (tertiary/aromatic N) is 2. The molecule has 102 valence electrons. The van der Waals surface area contributed by atoms with E-state index in [1.807, 2.05) is 24.3 Å². The highest BCUT2D eigenvalue weighted by Gasteiger charge is 2.02. The van der Waals surface area contributed by atoms with Crippen LogP contribution < -0.4 is 16.0 Å². The summed E-state index contributed by atoms with van der Waals surface area (Å²) >= 11 is 0. The van der Waals surface area contributed by atoms with Gasteiger partial charge in [0.25, 0.3) is 5.56 Å². The highest BCUT2D eigenvalue weighted by Crippen LogP contribution is 2.06. The maximum atomic E-state index is 11.7. The summed E-state index contributed by atoms with van der Waals surface area (Å²) in [6.45, 7) is 0.728. The van der Waals surface area contributed by atoms with E-state index in [4.69, 9.17) is 10.5 Å². The lowest BCUT2D eigenvalue weighted by atomic mass is 10.1. The van der Waals surface area contributed by atoms with Crippen molar-refractivity contribution in [2.24, 2.45) is 5.73 Å². The monoisotopic (exact) mass is 269 g/mol. The first-order valence-electron chi connectivity index (χ1n) is 6.13. The van der Waals surface area contributed by atoms with Gasteiger partial charge in [0.2, 0.25) is 5.88 Å². The molecule has 0 amide bonds. The summed E-state index contributed by atoms with van der Waals surface area (Å²) in [5.74, 6) is 6.15. The van der Waals surface area contributed by atoms with E-state index >= 15 is 0 Å². The first-order chi connectivity index (χ1) is 9.72. The lowest BCUT2D eigenvalue weighted by molar-refractivity contribution is 0.379. The predicted octanol–water partition coefficient (Wildman–Crippen LogP) is 0.610. The van der Waals surface area contributed by atoms with Gasteiger partial charge in [0.05, 0.1) is 20.2 Å². The second kappa shape index (κ2) is 6.55. The normalized spacial score (nSPS) is 9.70. The predicted molar refractivity (Wildman–Crippen MR) is 76.5 cm³/mol. The molecule has 0 bridgehead atoms. The third kappa shape index (κ3) is 3.46. The van der Waals surface area contributed by atoms with Crippen LogP contribution in [0.2, 0.25) is 0 Å². The summed E-state index contributed by atoms with van der Waals surface area (Å²) in [6, 6.07) is 10.6. The molecule has 5 heteroatoms. The largest absolute Gasteiger partial charge is 0.480 e. The fourth-order valence-electron chi connectivity index (χ4n) is 1.67. The quantitative estimate of drug-likeness (QED) is 0.829. The first kappa shape index (κ1) is 13.8. The summed E-state index contributed by atoms with van der Waals surface area (Å²) in [6.07, 6.45) is 0. The van der Waals surface area contributed by atoms with Crippen LogP contribution in [0.15, 0.2) is 41.2 Å². The Balaban J connectivity index is 2.20. The molecule has 2 N–H and O–H groups in total. The fraction of sp³-hybridized carbons (Fsp3) is 0.200. The molecule has 0 atom stereocenters. The van der Waals surface area contributed by atoms with Crippen LogP contribution in [0.3, 0.4) is 0 Å². The van der Waals surface area contributed by atoms with Gasteiger partial charge in [-0.15, -0.1) is 5.10 Å². The zero-order chi connectivity index (χ0) is 14.4. The molecule has 0 aliphatic rings. The summed E-state index contributed by atoms with van der Waals surface area (Å²) in [4.78, 5) is 11.7. The number of aromatic nitrogens is 2. The standard InChI is InChI=1S/C15H15N3O2/c1-20-14-8-9-15(19)18(17-14)11-13-6-4-12(5-7-13)3-2-10-16/h4-9H,10-11,16H2,1H3. The minimum absolute atomic E-state index is 0.169. The van der Waals surface area contributed by atoms with Crippen molar-refractivity contribution in [3.05, 3.63) is 57.9 Å². The van der Waals surface area contributed by atoms with Crippen LogP contribution in [0.1, 0.15) is 11.1 Å². The van der Waals surface area contributed by atoms with Crippen LogP contribution in [-0.2, 0) is 6.54 Å².